The van der Waals surface area contributed by atoms with E-state index in [0.29, 0.717) is 12.4 Å². The van der Waals surface area contributed by atoms with E-state index < -0.39 is 10.0 Å². The molecule has 0 aromatic heterocycles. The Labute approximate surface area is 190 Å². The normalized spacial score (nSPS) is 16.9. The fraction of sp³-hybridized carbons (Fsp3) is 0.231. The molecular formula is C26H27N3O2S. The molecule has 0 radical (unpaired) electrons. The molecule has 0 amide bonds. The molecule has 0 spiro atoms. The number of nitrogens with zero attached hydrogens (tertiary/aromatic N) is 3. The van der Waals surface area contributed by atoms with Crippen LogP contribution in [-0.2, 0) is 10.0 Å². The fourth-order valence-electron chi connectivity index (χ4n) is 3.78. The van der Waals surface area contributed by atoms with Crippen molar-refractivity contribution in [3.8, 4) is 0 Å². The van der Waals surface area contributed by atoms with Gasteiger partial charge in [0.05, 0.1) is 17.2 Å². The first-order valence-corrected chi connectivity index (χ1v) is 12.1. The molecule has 0 N–H and O–H groups in total. The van der Waals surface area contributed by atoms with Crippen molar-refractivity contribution in [2.24, 2.45) is 9.50 Å². The largest absolute Gasteiger partial charge is 0.283 e. The molecule has 0 fully saturated rings. The molecule has 0 saturated heterocycles. The predicted molar refractivity (Wildman–Crippen MR) is 130 cm³/mol. The summed E-state index contributed by atoms with van der Waals surface area (Å²) in [4.78, 5) is 0.196. The number of sulfonamides is 1. The van der Waals surface area contributed by atoms with Gasteiger partial charge in [0.15, 0.2) is 0 Å². The maximum atomic E-state index is 12.9. The summed E-state index contributed by atoms with van der Waals surface area (Å²) in [6, 6.07) is 23.5. The van der Waals surface area contributed by atoms with Gasteiger partial charge in [0, 0.05) is 5.92 Å². The van der Waals surface area contributed by atoms with Crippen molar-refractivity contribution in [2.45, 2.75) is 38.5 Å². The standard InChI is InChI=1S/C26H27N3O2S/c1-18-10-13-23(14-11-18)26-25(22-8-6-5-7-9-22)17-29(27-26)21(4)28-32(30,31)24-15-12-19(2)20(3)16-24/h5-16,25H,17H2,1-4H3/b28-21+. The van der Waals surface area contributed by atoms with Crippen LogP contribution in [0.2, 0.25) is 0 Å². The zero-order chi connectivity index (χ0) is 22.9. The van der Waals surface area contributed by atoms with E-state index in [9.17, 15) is 8.42 Å². The Morgan fingerprint density at radius 2 is 1.62 bits per heavy atom. The average Bonchev–Trinajstić information content (AvgIpc) is 3.22. The minimum atomic E-state index is -3.83. The lowest BCUT2D eigenvalue weighted by atomic mass is 9.90. The SMILES string of the molecule is C/C(=N\S(=O)(=O)c1ccc(C)c(C)c1)N1CC(c2ccccc2)C(c2ccc(C)cc2)=N1. The van der Waals surface area contributed by atoms with Crippen LogP contribution in [0.15, 0.2) is 87.2 Å². The van der Waals surface area contributed by atoms with E-state index in [0.717, 1.165) is 28.0 Å². The second-order valence-corrected chi connectivity index (χ2v) is 9.86. The van der Waals surface area contributed by atoms with Gasteiger partial charge in [0.2, 0.25) is 0 Å². The minimum Gasteiger partial charge on any atom is -0.250 e. The summed E-state index contributed by atoms with van der Waals surface area (Å²) in [6.45, 7) is 8.13. The number of hydrogen-bond acceptors (Lipinski definition) is 3. The molecule has 4 rings (SSSR count). The van der Waals surface area contributed by atoms with Gasteiger partial charge < -0.3 is 0 Å². The van der Waals surface area contributed by atoms with Crippen LogP contribution in [0.4, 0.5) is 0 Å². The maximum absolute atomic E-state index is 12.9. The Hall–Kier alpha value is -3.25. The van der Waals surface area contributed by atoms with Crippen LogP contribution in [0.3, 0.4) is 0 Å². The summed E-state index contributed by atoms with van der Waals surface area (Å²) in [7, 11) is -3.83. The summed E-state index contributed by atoms with van der Waals surface area (Å²) >= 11 is 0. The quantitative estimate of drug-likeness (QED) is 0.408. The van der Waals surface area contributed by atoms with E-state index in [1.807, 2.05) is 38.1 Å². The number of hydrazone groups is 1. The van der Waals surface area contributed by atoms with Crippen molar-refractivity contribution in [3.05, 3.63) is 101 Å². The van der Waals surface area contributed by atoms with Gasteiger partial charge >= 0.3 is 0 Å². The lowest BCUT2D eigenvalue weighted by Gasteiger charge is -2.16. The second kappa shape index (κ2) is 8.71. The van der Waals surface area contributed by atoms with Gasteiger partial charge in [-0.2, -0.15) is 13.5 Å². The van der Waals surface area contributed by atoms with Gasteiger partial charge in [-0.1, -0.05) is 66.2 Å². The molecule has 164 valence electrons. The molecule has 3 aromatic rings. The molecule has 0 aliphatic carbocycles. The van der Waals surface area contributed by atoms with Gasteiger partial charge in [-0.3, -0.25) is 0 Å². The number of rotatable bonds is 4. The van der Waals surface area contributed by atoms with Crippen LogP contribution in [0.5, 0.6) is 0 Å². The lowest BCUT2D eigenvalue weighted by Crippen LogP contribution is -2.24. The van der Waals surface area contributed by atoms with Gasteiger partial charge in [0.25, 0.3) is 10.0 Å². The van der Waals surface area contributed by atoms with Crippen LogP contribution in [-0.4, -0.2) is 31.5 Å². The Kier molecular flexibility index (Phi) is 5.98. The highest BCUT2D eigenvalue weighted by Crippen LogP contribution is 2.29. The van der Waals surface area contributed by atoms with E-state index in [1.165, 1.54) is 5.56 Å². The first kappa shape index (κ1) is 22.0. The van der Waals surface area contributed by atoms with Crippen molar-refractivity contribution in [1.82, 2.24) is 5.01 Å². The molecule has 1 aliphatic rings. The molecule has 0 bridgehead atoms. The summed E-state index contributed by atoms with van der Waals surface area (Å²) in [6.07, 6.45) is 0. The van der Waals surface area contributed by atoms with Gasteiger partial charge in [0.1, 0.15) is 5.84 Å². The van der Waals surface area contributed by atoms with E-state index in [4.69, 9.17) is 5.10 Å². The van der Waals surface area contributed by atoms with Crippen LogP contribution in [0.1, 0.15) is 40.7 Å². The van der Waals surface area contributed by atoms with Gasteiger partial charge in [-0.05, 0) is 62.1 Å². The number of hydrogen-bond donors (Lipinski definition) is 0. The van der Waals surface area contributed by atoms with Crippen LogP contribution < -0.4 is 0 Å². The van der Waals surface area contributed by atoms with Crippen molar-refractivity contribution in [2.75, 3.05) is 6.54 Å². The van der Waals surface area contributed by atoms with Crippen LogP contribution in [0, 0.1) is 20.8 Å². The van der Waals surface area contributed by atoms with Crippen molar-refractivity contribution >= 4 is 21.6 Å². The molecule has 1 heterocycles. The second-order valence-electron chi connectivity index (χ2n) is 8.26. The van der Waals surface area contributed by atoms with Crippen LogP contribution in [0.25, 0.3) is 0 Å². The van der Waals surface area contributed by atoms with Gasteiger partial charge in [-0.25, -0.2) is 5.01 Å². The van der Waals surface area contributed by atoms with Crippen LogP contribution >= 0.6 is 0 Å². The van der Waals surface area contributed by atoms with Crippen molar-refractivity contribution in [1.29, 1.82) is 0 Å². The Balaban J connectivity index is 1.71. The number of benzene rings is 3. The number of aryl methyl sites for hydroxylation is 3. The average molecular weight is 446 g/mol. The Morgan fingerprint density at radius 1 is 0.938 bits per heavy atom. The maximum Gasteiger partial charge on any atom is 0.283 e. The first-order valence-electron chi connectivity index (χ1n) is 10.6. The van der Waals surface area contributed by atoms with Crippen molar-refractivity contribution < 1.29 is 8.42 Å². The van der Waals surface area contributed by atoms with E-state index in [1.54, 1.807) is 24.1 Å². The number of amidine groups is 1. The zero-order valence-electron chi connectivity index (χ0n) is 18.8. The summed E-state index contributed by atoms with van der Waals surface area (Å²) in [5, 5.41) is 6.51. The first-order chi connectivity index (χ1) is 15.2. The highest BCUT2D eigenvalue weighted by Gasteiger charge is 2.31. The van der Waals surface area contributed by atoms with E-state index >= 15 is 0 Å². The molecule has 0 saturated carbocycles. The van der Waals surface area contributed by atoms with E-state index in [-0.39, 0.29) is 10.8 Å². The molecule has 1 unspecified atom stereocenters. The lowest BCUT2D eigenvalue weighted by molar-refractivity contribution is 0.472. The minimum absolute atomic E-state index is 0.0216. The third kappa shape index (κ3) is 4.50. The summed E-state index contributed by atoms with van der Waals surface area (Å²) in [5.41, 5.74) is 6.22. The molecule has 3 aromatic carbocycles. The van der Waals surface area contributed by atoms with Crippen molar-refractivity contribution in [3.63, 3.8) is 0 Å². The Morgan fingerprint density at radius 3 is 2.28 bits per heavy atom. The highest BCUT2D eigenvalue weighted by molar-refractivity contribution is 7.90. The summed E-state index contributed by atoms with van der Waals surface area (Å²) in [5.74, 6) is 0.375. The molecule has 5 nitrogen and oxygen atoms in total. The zero-order valence-corrected chi connectivity index (χ0v) is 19.6. The fourth-order valence-corrected chi connectivity index (χ4v) is 4.90. The van der Waals surface area contributed by atoms with E-state index in [2.05, 4.69) is 47.7 Å². The predicted octanol–water partition coefficient (Wildman–Crippen LogP) is 5.22. The highest BCUT2D eigenvalue weighted by atomic mass is 32.2. The summed E-state index contributed by atoms with van der Waals surface area (Å²) < 4.78 is 30.0. The smallest absolute Gasteiger partial charge is 0.250 e. The van der Waals surface area contributed by atoms with Gasteiger partial charge in [-0.15, -0.1) is 4.40 Å². The third-order valence-corrected chi connectivity index (χ3v) is 7.22. The molecule has 1 aliphatic heterocycles. The molecule has 32 heavy (non-hydrogen) atoms. The topological polar surface area (TPSA) is 62.1 Å². The molecular weight excluding hydrogens is 418 g/mol. The monoisotopic (exact) mass is 445 g/mol. The Bertz CT molecular complexity index is 1290. The molecule has 6 heteroatoms. The molecule has 1 atom stereocenters. The third-order valence-electron chi connectivity index (χ3n) is 5.87.